The molecular formula is C17H24N2O4S2. The number of carbonyl (C=O) groups is 2. The number of sulfone groups is 1. The Morgan fingerprint density at radius 1 is 1.36 bits per heavy atom. The van der Waals surface area contributed by atoms with E-state index in [1.165, 1.54) is 23.9 Å². The maximum absolute atomic E-state index is 12.5. The highest BCUT2D eigenvalue weighted by Gasteiger charge is 2.27. The van der Waals surface area contributed by atoms with Crippen molar-refractivity contribution in [3.8, 4) is 0 Å². The lowest BCUT2D eigenvalue weighted by molar-refractivity contribution is -0.121. The molecule has 2 atom stereocenters. The van der Waals surface area contributed by atoms with E-state index in [-0.39, 0.29) is 40.2 Å². The number of benzene rings is 1. The Balaban J connectivity index is 2.09. The molecule has 0 radical (unpaired) electrons. The Morgan fingerprint density at radius 3 is 2.72 bits per heavy atom. The smallest absolute Gasteiger partial charge is 0.237 e. The first-order valence-corrected chi connectivity index (χ1v) is 10.9. The number of amides is 2. The SMILES string of the molecule is CC[C@H](C)NC(=O)CCS(=O)(=O)c1ccc2c(c1)NC(=O)[C@@H](CC)S2. The number of thioether (sulfide) groups is 1. The lowest BCUT2D eigenvalue weighted by atomic mass is 10.2. The van der Waals surface area contributed by atoms with Crippen molar-refractivity contribution in [1.29, 1.82) is 0 Å². The molecule has 8 heteroatoms. The number of anilines is 1. The van der Waals surface area contributed by atoms with Crippen LogP contribution in [0.4, 0.5) is 5.69 Å². The van der Waals surface area contributed by atoms with Crippen molar-refractivity contribution in [2.75, 3.05) is 11.1 Å². The van der Waals surface area contributed by atoms with E-state index < -0.39 is 9.84 Å². The number of hydrogen-bond donors (Lipinski definition) is 2. The van der Waals surface area contributed by atoms with Gasteiger partial charge in [-0.3, -0.25) is 9.59 Å². The second-order valence-electron chi connectivity index (χ2n) is 6.11. The van der Waals surface area contributed by atoms with Crippen LogP contribution in [-0.2, 0) is 19.4 Å². The first-order valence-electron chi connectivity index (χ1n) is 8.40. The molecule has 0 aliphatic carbocycles. The fourth-order valence-electron chi connectivity index (χ4n) is 2.39. The lowest BCUT2D eigenvalue weighted by Crippen LogP contribution is -2.33. The van der Waals surface area contributed by atoms with E-state index in [0.717, 1.165) is 11.3 Å². The average Bonchev–Trinajstić information content (AvgIpc) is 2.58. The molecule has 6 nitrogen and oxygen atoms in total. The summed E-state index contributed by atoms with van der Waals surface area (Å²) >= 11 is 1.44. The molecule has 1 aliphatic heterocycles. The molecule has 138 valence electrons. The third kappa shape index (κ3) is 4.98. The molecular weight excluding hydrogens is 360 g/mol. The molecule has 1 aromatic carbocycles. The standard InChI is InChI=1S/C17H24N2O4S2/c1-4-11(3)18-16(20)8-9-25(22,23)12-6-7-15-13(10-12)19-17(21)14(5-2)24-15/h6-7,10-11,14H,4-5,8-9H2,1-3H3,(H,18,20)(H,19,21)/t11-,14+/m0/s1. The largest absolute Gasteiger partial charge is 0.354 e. The third-order valence-electron chi connectivity index (χ3n) is 4.12. The van der Waals surface area contributed by atoms with Crippen LogP contribution in [0.5, 0.6) is 0 Å². The van der Waals surface area contributed by atoms with Gasteiger partial charge in [0.2, 0.25) is 11.8 Å². The molecule has 0 spiro atoms. The Hall–Kier alpha value is -1.54. The highest BCUT2D eigenvalue weighted by Crippen LogP contribution is 2.38. The highest BCUT2D eigenvalue weighted by molar-refractivity contribution is 8.01. The Labute approximate surface area is 153 Å². The molecule has 0 aromatic heterocycles. The van der Waals surface area contributed by atoms with E-state index in [2.05, 4.69) is 10.6 Å². The molecule has 0 saturated carbocycles. The molecule has 1 aromatic rings. The molecule has 1 aliphatic rings. The minimum absolute atomic E-state index is 0.0256. The minimum Gasteiger partial charge on any atom is -0.354 e. The fourth-order valence-corrected chi connectivity index (χ4v) is 4.67. The highest BCUT2D eigenvalue weighted by atomic mass is 32.2. The van der Waals surface area contributed by atoms with Crippen molar-refractivity contribution in [2.24, 2.45) is 0 Å². The van der Waals surface area contributed by atoms with Gasteiger partial charge in [-0.25, -0.2) is 8.42 Å². The summed E-state index contributed by atoms with van der Waals surface area (Å²) in [5, 5.41) is 5.37. The van der Waals surface area contributed by atoms with Crippen LogP contribution in [0.25, 0.3) is 0 Å². The van der Waals surface area contributed by atoms with Crippen molar-refractivity contribution in [2.45, 2.75) is 61.1 Å². The fraction of sp³-hybridized carbons (Fsp3) is 0.529. The number of fused-ring (bicyclic) bond motifs is 1. The zero-order valence-electron chi connectivity index (χ0n) is 14.7. The summed E-state index contributed by atoms with van der Waals surface area (Å²) in [6.45, 7) is 5.76. The number of rotatable bonds is 7. The van der Waals surface area contributed by atoms with Crippen molar-refractivity contribution >= 4 is 39.1 Å². The van der Waals surface area contributed by atoms with Gasteiger partial charge in [-0.05, 0) is 38.0 Å². The summed E-state index contributed by atoms with van der Waals surface area (Å²) in [7, 11) is -3.59. The van der Waals surface area contributed by atoms with Gasteiger partial charge in [0, 0.05) is 17.4 Å². The number of carbonyl (C=O) groups excluding carboxylic acids is 2. The predicted octanol–water partition coefficient (Wildman–Crippen LogP) is 2.59. The molecule has 1 heterocycles. The van der Waals surface area contributed by atoms with E-state index in [9.17, 15) is 18.0 Å². The summed E-state index contributed by atoms with van der Waals surface area (Å²) in [4.78, 5) is 24.7. The first-order chi connectivity index (χ1) is 11.8. The van der Waals surface area contributed by atoms with E-state index in [1.807, 2.05) is 20.8 Å². The summed E-state index contributed by atoms with van der Waals surface area (Å²) in [6, 6.07) is 4.76. The van der Waals surface area contributed by atoms with Gasteiger partial charge < -0.3 is 10.6 Å². The van der Waals surface area contributed by atoms with Crippen molar-refractivity contribution in [3.05, 3.63) is 18.2 Å². The van der Waals surface area contributed by atoms with Crippen LogP contribution in [0, 0.1) is 0 Å². The van der Waals surface area contributed by atoms with Gasteiger partial charge in [-0.15, -0.1) is 11.8 Å². The molecule has 0 saturated heterocycles. The second kappa shape index (κ2) is 8.23. The van der Waals surface area contributed by atoms with Gasteiger partial charge in [-0.1, -0.05) is 13.8 Å². The molecule has 2 amide bonds. The molecule has 0 unspecified atom stereocenters. The third-order valence-corrected chi connectivity index (χ3v) is 7.27. The zero-order chi connectivity index (χ0) is 18.6. The molecule has 0 fully saturated rings. The van der Waals surface area contributed by atoms with Crippen molar-refractivity contribution < 1.29 is 18.0 Å². The van der Waals surface area contributed by atoms with Gasteiger partial charge >= 0.3 is 0 Å². The van der Waals surface area contributed by atoms with Gasteiger partial charge in [-0.2, -0.15) is 0 Å². The average molecular weight is 385 g/mol. The van der Waals surface area contributed by atoms with E-state index in [1.54, 1.807) is 6.07 Å². The lowest BCUT2D eigenvalue weighted by Gasteiger charge is -2.23. The predicted molar refractivity (Wildman–Crippen MR) is 99.6 cm³/mol. The summed E-state index contributed by atoms with van der Waals surface area (Å²) in [5.41, 5.74) is 0.518. The molecule has 25 heavy (non-hydrogen) atoms. The Bertz CT molecular complexity index is 762. The second-order valence-corrected chi connectivity index (χ2v) is 9.46. The van der Waals surface area contributed by atoms with Crippen molar-refractivity contribution in [1.82, 2.24) is 5.32 Å². The van der Waals surface area contributed by atoms with Crippen LogP contribution in [0.1, 0.15) is 40.0 Å². The zero-order valence-corrected chi connectivity index (χ0v) is 16.3. The Kier molecular flexibility index (Phi) is 6.51. The minimum atomic E-state index is -3.59. The molecule has 2 N–H and O–H groups in total. The van der Waals surface area contributed by atoms with Crippen LogP contribution in [0.3, 0.4) is 0 Å². The van der Waals surface area contributed by atoms with Crippen LogP contribution >= 0.6 is 11.8 Å². The maximum atomic E-state index is 12.5. The van der Waals surface area contributed by atoms with Gasteiger partial charge in [0.25, 0.3) is 0 Å². The molecule has 2 rings (SSSR count). The maximum Gasteiger partial charge on any atom is 0.237 e. The summed E-state index contributed by atoms with van der Waals surface area (Å²) < 4.78 is 25.0. The van der Waals surface area contributed by atoms with E-state index in [4.69, 9.17) is 0 Å². The first kappa shape index (κ1) is 19.8. The number of hydrogen-bond acceptors (Lipinski definition) is 5. The molecule has 0 bridgehead atoms. The van der Waals surface area contributed by atoms with E-state index >= 15 is 0 Å². The van der Waals surface area contributed by atoms with Gasteiger partial charge in [0.05, 0.1) is 21.6 Å². The van der Waals surface area contributed by atoms with Crippen LogP contribution < -0.4 is 10.6 Å². The monoisotopic (exact) mass is 384 g/mol. The summed E-state index contributed by atoms with van der Waals surface area (Å²) in [6.07, 6.45) is 1.42. The Morgan fingerprint density at radius 2 is 2.08 bits per heavy atom. The topological polar surface area (TPSA) is 92.3 Å². The van der Waals surface area contributed by atoms with Crippen LogP contribution in [0.15, 0.2) is 28.0 Å². The van der Waals surface area contributed by atoms with Gasteiger partial charge in [0.1, 0.15) is 0 Å². The van der Waals surface area contributed by atoms with E-state index in [0.29, 0.717) is 12.1 Å². The van der Waals surface area contributed by atoms with Crippen LogP contribution in [-0.4, -0.2) is 37.3 Å². The number of nitrogens with one attached hydrogen (secondary N) is 2. The van der Waals surface area contributed by atoms with Crippen LogP contribution in [0.2, 0.25) is 0 Å². The van der Waals surface area contributed by atoms with Crippen molar-refractivity contribution in [3.63, 3.8) is 0 Å². The van der Waals surface area contributed by atoms with Gasteiger partial charge in [0.15, 0.2) is 9.84 Å². The quantitative estimate of drug-likeness (QED) is 0.754. The summed E-state index contributed by atoms with van der Waals surface area (Å²) in [5.74, 6) is -0.639. The normalized spacial score (nSPS) is 18.2.